The molecule has 2 aromatic rings. The van der Waals surface area contributed by atoms with Crippen molar-refractivity contribution in [1.82, 2.24) is 10.2 Å². The molecule has 31 heavy (non-hydrogen) atoms. The summed E-state index contributed by atoms with van der Waals surface area (Å²) in [6.07, 6.45) is 1.57. The maximum absolute atomic E-state index is 12.7. The lowest BCUT2D eigenvalue weighted by Crippen LogP contribution is -2.30. The second kappa shape index (κ2) is 8.88. The minimum Gasteiger partial charge on any atom is -0.486 e. The van der Waals surface area contributed by atoms with Gasteiger partial charge in [0.2, 0.25) is 5.76 Å². The van der Waals surface area contributed by atoms with Crippen molar-refractivity contribution >= 4 is 55.8 Å². The van der Waals surface area contributed by atoms with Crippen LogP contribution in [-0.2, 0) is 16.1 Å². The normalized spacial score (nSPS) is 15.4. The summed E-state index contributed by atoms with van der Waals surface area (Å²) in [5, 5.41) is 2.56. The molecule has 0 atom stereocenters. The highest BCUT2D eigenvalue weighted by Gasteiger charge is 2.34. The van der Waals surface area contributed by atoms with E-state index in [2.05, 4.69) is 41.9 Å². The first-order valence-corrected chi connectivity index (χ1v) is 10.8. The lowest BCUT2D eigenvalue weighted by molar-refractivity contribution is -0.123. The number of amides is 3. The van der Waals surface area contributed by atoms with Gasteiger partial charge in [-0.2, -0.15) is 0 Å². The number of halogens is 2. The molecule has 1 aromatic heterocycles. The van der Waals surface area contributed by atoms with Gasteiger partial charge in [-0.05, 0) is 88.5 Å². The SMILES string of the molecule is COC(=O)c1ccc(CN2C(=O)N/C(=C\c3cc(Br)c(OC(C)(C)C)c(Br)c3)C2=O)o1. The first kappa shape index (κ1) is 23.1. The number of benzene rings is 1. The molecule has 0 saturated carbocycles. The van der Waals surface area contributed by atoms with Gasteiger partial charge in [-0.25, -0.2) is 9.59 Å². The molecule has 3 amide bonds. The molecule has 0 bridgehead atoms. The number of carbonyl (C=O) groups excluding carboxylic acids is 3. The maximum Gasteiger partial charge on any atom is 0.373 e. The molecule has 1 aliphatic heterocycles. The zero-order chi connectivity index (χ0) is 22.9. The van der Waals surface area contributed by atoms with Crippen LogP contribution in [0.5, 0.6) is 5.75 Å². The van der Waals surface area contributed by atoms with Gasteiger partial charge in [0.05, 0.1) is 22.6 Å². The Balaban J connectivity index is 1.80. The lowest BCUT2D eigenvalue weighted by atomic mass is 10.1. The third-order valence-corrected chi connectivity index (χ3v) is 5.24. The van der Waals surface area contributed by atoms with Crippen molar-refractivity contribution < 1.29 is 28.3 Å². The number of nitrogens with zero attached hydrogens (tertiary/aromatic N) is 1. The zero-order valence-corrected chi connectivity index (χ0v) is 20.4. The van der Waals surface area contributed by atoms with Crippen LogP contribution < -0.4 is 10.1 Å². The van der Waals surface area contributed by atoms with Gasteiger partial charge in [-0.1, -0.05) is 0 Å². The molecule has 1 aromatic carbocycles. The van der Waals surface area contributed by atoms with Gasteiger partial charge in [0.1, 0.15) is 22.8 Å². The van der Waals surface area contributed by atoms with E-state index in [0.29, 0.717) is 20.3 Å². The minimum atomic E-state index is -0.640. The van der Waals surface area contributed by atoms with E-state index < -0.39 is 17.9 Å². The molecule has 0 aliphatic carbocycles. The molecule has 1 fully saturated rings. The largest absolute Gasteiger partial charge is 0.486 e. The van der Waals surface area contributed by atoms with Crippen molar-refractivity contribution in [2.45, 2.75) is 32.9 Å². The van der Waals surface area contributed by atoms with E-state index in [1.807, 2.05) is 20.8 Å². The molecule has 1 N–H and O–H groups in total. The van der Waals surface area contributed by atoms with Crippen molar-refractivity contribution in [1.29, 1.82) is 0 Å². The number of esters is 1. The van der Waals surface area contributed by atoms with E-state index in [9.17, 15) is 14.4 Å². The van der Waals surface area contributed by atoms with Crippen LogP contribution in [0.3, 0.4) is 0 Å². The minimum absolute atomic E-state index is 0.00687. The summed E-state index contributed by atoms with van der Waals surface area (Å²) in [6.45, 7) is 5.70. The fourth-order valence-electron chi connectivity index (χ4n) is 2.78. The number of nitrogens with one attached hydrogen (secondary N) is 1. The Morgan fingerprint density at radius 3 is 2.42 bits per heavy atom. The highest BCUT2D eigenvalue weighted by molar-refractivity contribution is 9.11. The first-order chi connectivity index (χ1) is 14.5. The molecular weight excluding hydrogens is 536 g/mol. The summed E-state index contributed by atoms with van der Waals surface area (Å²) < 4.78 is 17.2. The molecular formula is C21H20Br2N2O6. The summed E-state index contributed by atoms with van der Waals surface area (Å²) in [5.41, 5.74) is 0.407. The van der Waals surface area contributed by atoms with Gasteiger partial charge in [-0.15, -0.1) is 0 Å². The molecule has 0 unspecified atom stereocenters. The summed E-state index contributed by atoms with van der Waals surface area (Å²) in [5.74, 6) is -0.244. The number of imide groups is 1. The molecule has 0 spiro atoms. The number of hydrogen-bond donors (Lipinski definition) is 1. The van der Waals surface area contributed by atoms with Gasteiger partial charge in [0.15, 0.2) is 0 Å². The molecule has 3 rings (SSSR count). The molecule has 0 radical (unpaired) electrons. The van der Waals surface area contributed by atoms with E-state index in [-0.39, 0.29) is 29.4 Å². The van der Waals surface area contributed by atoms with Crippen LogP contribution in [0.25, 0.3) is 6.08 Å². The van der Waals surface area contributed by atoms with E-state index in [4.69, 9.17) is 9.15 Å². The fourth-order valence-corrected chi connectivity index (χ4v) is 4.16. The summed E-state index contributed by atoms with van der Waals surface area (Å²) in [7, 11) is 1.23. The Morgan fingerprint density at radius 2 is 1.84 bits per heavy atom. The van der Waals surface area contributed by atoms with Crippen LogP contribution in [0.2, 0.25) is 0 Å². The second-order valence-electron chi connectivity index (χ2n) is 7.67. The van der Waals surface area contributed by atoms with E-state index in [1.54, 1.807) is 18.2 Å². The molecule has 1 aliphatic rings. The first-order valence-electron chi connectivity index (χ1n) is 9.18. The van der Waals surface area contributed by atoms with E-state index in [1.165, 1.54) is 19.2 Å². The summed E-state index contributed by atoms with van der Waals surface area (Å²) in [6, 6.07) is 5.92. The monoisotopic (exact) mass is 554 g/mol. The van der Waals surface area contributed by atoms with Crippen molar-refractivity contribution in [2.24, 2.45) is 0 Å². The van der Waals surface area contributed by atoms with Crippen molar-refractivity contribution in [2.75, 3.05) is 7.11 Å². The maximum atomic E-state index is 12.7. The van der Waals surface area contributed by atoms with Gasteiger partial charge >= 0.3 is 12.0 Å². The third kappa shape index (κ3) is 5.37. The summed E-state index contributed by atoms with van der Waals surface area (Å²) >= 11 is 6.97. The van der Waals surface area contributed by atoms with Gasteiger partial charge in [-0.3, -0.25) is 9.69 Å². The number of methoxy groups -OCH3 is 1. The van der Waals surface area contributed by atoms with Crippen LogP contribution >= 0.6 is 31.9 Å². The van der Waals surface area contributed by atoms with Crippen LogP contribution in [-0.4, -0.2) is 35.5 Å². The van der Waals surface area contributed by atoms with Crippen molar-refractivity contribution in [3.05, 3.63) is 56.0 Å². The van der Waals surface area contributed by atoms with Crippen LogP contribution in [0.4, 0.5) is 4.79 Å². The lowest BCUT2D eigenvalue weighted by Gasteiger charge is -2.23. The fraction of sp³-hybridized carbons (Fsp3) is 0.286. The standard InChI is InChI=1S/C21H20Br2N2O6/c1-21(2,3)31-17-13(22)7-11(8-14(17)23)9-15-18(26)25(20(28)24-15)10-12-5-6-16(30-12)19(27)29-4/h5-9H,10H2,1-4H3,(H,24,28)/b15-9-. The zero-order valence-electron chi connectivity index (χ0n) is 17.2. The quantitative estimate of drug-likeness (QED) is 0.321. The molecule has 2 heterocycles. The van der Waals surface area contributed by atoms with Crippen LogP contribution in [0.15, 0.2) is 43.3 Å². The highest BCUT2D eigenvalue weighted by Crippen LogP contribution is 2.37. The molecule has 10 heteroatoms. The van der Waals surface area contributed by atoms with Gasteiger partial charge < -0.3 is 19.2 Å². The Labute approximate surface area is 195 Å². The van der Waals surface area contributed by atoms with Gasteiger partial charge in [0, 0.05) is 0 Å². The molecule has 8 nitrogen and oxygen atoms in total. The molecule has 1 saturated heterocycles. The third-order valence-electron chi connectivity index (χ3n) is 4.06. The van der Waals surface area contributed by atoms with Crippen molar-refractivity contribution in [3.63, 3.8) is 0 Å². The number of urea groups is 1. The number of rotatable bonds is 5. The van der Waals surface area contributed by atoms with E-state index >= 15 is 0 Å². The number of hydrogen-bond acceptors (Lipinski definition) is 6. The average Bonchev–Trinajstić information content (AvgIpc) is 3.24. The Bertz CT molecular complexity index is 1060. The Morgan fingerprint density at radius 1 is 1.19 bits per heavy atom. The summed E-state index contributed by atoms with van der Waals surface area (Å²) in [4.78, 5) is 37.5. The van der Waals surface area contributed by atoms with Crippen LogP contribution in [0, 0.1) is 0 Å². The Hall–Kier alpha value is -2.59. The molecule has 164 valence electrons. The predicted octanol–water partition coefficient (Wildman–Crippen LogP) is 4.86. The highest BCUT2D eigenvalue weighted by atomic mass is 79.9. The topological polar surface area (TPSA) is 98.1 Å². The van der Waals surface area contributed by atoms with Gasteiger partial charge in [0.25, 0.3) is 5.91 Å². The number of carbonyl (C=O) groups is 3. The smallest absolute Gasteiger partial charge is 0.373 e. The van der Waals surface area contributed by atoms with Crippen molar-refractivity contribution in [3.8, 4) is 5.75 Å². The predicted molar refractivity (Wildman–Crippen MR) is 119 cm³/mol. The second-order valence-corrected chi connectivity index (χ2v) is 9.37. The van der Waals surface area contributed by atoms with E-state index in [0.717, 1.165) is 4.90 Å². The Kier molecular flexibility index (Phi) is 6.61. The average molecular weight is 556 g/mol. The number of furan rings is 1. The number of ether oxygens (including phenoxy) is 2. The van der Waals surface area contributed by atoms with Crippen LogP contribution in [0.1, 0.15) is 42.6 Å².